The zero-order valence-corrected chi connectivity index (χ0v) is 14.1. The first-order chi connectivity index (χ1) is 10.8. The van der Waals surface area contributed by atoms with Gasteiger partial charge in [0.15, 0.2) is 0 Å². The van der Waals surface area contributed by atoms with Crippen LogP contribution in [0.3, 0.4) is 0 Å². The molecule has 1 aromatic rings. The van der Waals surface area contributed by atoms with E-state index >= 15 is 0 Å². The number of ether oxygens (including phenoxy) is 1. The molecular formula is C16H21NO5S. The summed E-state index contributed by atoms with van der Waals surface area (Å²) in [5.41, 5.74) is -0.110. The van der Waals surface area contributed by atoms with E-state index in [0.717, 1.165) is 18.4 Å². The van der Waals surface area contributed by atoms with Gasteiger partial charge in [-0.1, -0.05) is 12.5 Å². The lowest BCUT2D eigenvalue weighted by atomic mass is 9.81. The van der Waals surface area contributed by atoms with E-state index in [2.05, 4.69) is 0 Å². The molecule has 2 aliphatic rings. The largest absolute Gasteiger partial charge is 0.495 e. The van der Waals surface area contributed by atoms with Crippen LogP contribution in [-0.4, -0.2) is 44.0 Å². The van der Waals surface area contributed by atoms with E-state index in [9.17, 15) is 18.3 Å². The topological polar surface area (TPSA) is 83.9 Å². The van der Waals surface area contributed by atoms with Crippen LogP contribution in [0.25, 0.3) is 0 Å². The average Bonchev–Trinajstić information content (AvgIpc) is 3.05. The Morgan fingerprint density at radius 3 is 2.78 bits per heavy atom. The summed E-state index contributed by atoms with van der Waals surface area (Å²) in [5.74, 6) is -0.698. The molecule has 6 nitrogen and oxygen atoms in total. The maximum absolute atomic E-state index is 13.0. The summed E-state index contributed by atoms with van der Waals surface area (Å²) >= 11 is 0. The summed E-state index contributed by atoms with van der Waals surface area (Å²) < 4.78 is 32.5. The molecule has 1 aromatic carbocycles. The Kier molecular flexibility index (Phi) is 3.88. The Bertz CT molecular complexity index is 745. The maximum atomic E-state index is 13.0. The Balaban J connectivity index is 2.00. The summed E-state index contributed by atoms with van der Waals surface area (Å²) in [7, 11) is -2.34. The van der Waals surface area contributed by atoms with E-state index in [-0.39, 0.29) is 29.7 Å². The van der Waals surface area contributed by atoms with Crippen LogP contribution in [0.5, 0.6) is 5.75 Å². The quantitative estimate of drug-likeness (QED) is 0.905. The second-order valence-corrected chi connectivity index (χ2v) is 8.41. The molecule has 23 heavy (non-hydrogen) atoms. The first-order valence-electron chi connectivity index (χ1n) is 7.69. The summed E-state index contributed by atoms with van der Waals surface area (Å²) in [5, 5.41) is 9.63. The zero-order chi connectivity index (χ0) is 16.8. The Morgan fingerprint density at radius 1 is 1.43 bits per heavy atom. The minimum Gasteiger partial charge on any atom is -0.495 e. The lowest BCUT2D eigenvalue weighted by Gasteiger charge is -2.23. The van der Waals surface area contributed by atoms with Gasteiger partial charge in [0.1, 0.15) is 10.6 Å². The molecule has 3 rings (SSSR count). The normalized spacial score (nSPS) is 27.8. The molecule has 0 amide bonds. The smallest absolute Gasteiger partial charge is 0.311 e. The lowest BCUT2D eigenvalue weighted by molar-refractivity contribution is -0.149. The van der Waals surface area contributed by atoms with Crippen molar-refractivity contribution in [3.05, 3.63) is 23.8 Å². The third-order valence-electron chi connectivity index (χ3n) is 5.20. The number of methoxy groups -OCH3 is 1. The molecular weight excluding hydrogens is 318 g/mol. The van der Waals surface area contributed by atoms with Crippen LogP contribution in [0, 0.1) is 18.3 Å². The van der Waals surface area contributed by atoms with Crippen molar-refractivity contribution < 1.29 is 23.1 Å². The van der Waals surface area contributed by atoms with Gasteiger partial charge in [-0.2, -0.15) is 4.31 Å². The second-order valence-electron chi connectivity index (χ2n) is 6.50. The van der Waals surface area contributed by atoms with Crippen molar-refractivity contribution in [3.63, 3.8) is 0 Å². The zero-order valence-electron chi connectivity index (χ0n) is 13.3. The molecule has 2 fully saturated rings. The van der Waals surface area contributed by atoms with Crippen LogP contribution in [0.2, 0.25) is 0 Å². The second kappa shape index (κ2) is 5.49. The predicted octanol–water partition coefficient (Wildman–Crippen LogP) is 1.88. The fourth-order valence-electron chi connectivity index (χ4n) is 3.90. The highest BCUT2D eigenvalue weighted by molar-refractivity contribution is 7.89. The molecule has 1 saturated carbocycles. The number of aliphatic carboxylic acids is 1. The number of carboxylic acid groups (broad SMARTS) is 1. The number of hydrogen-bond acceptors (Lipinski definition) is 4. The number of carbonyl (C=O) groups is 1. The number of aryl methyl sites for hydroxylation is 1. The SMILES string of the molecule is COc1ccc(C)cc1S(=O)(=O)N1C[C@@H]2CCC[C@@]2(C(=O)O)C1. The third kappa shape index (κ3) is 2.42. The van der Waals surface area contributed by atoms with Crippen molar-refractivity contribution in [1.82, 2.24) is 4.31 Å². The van der Waals surface area contributed by atoms with E-state index in [1.807, 2.05) is 6.92 Å². The molecule has 126 valence electrons. The molecule has 1 aliphatic heterocycles. The highest BCUT2D eigenvalue weighted by atomic mass is 32.2. The van der Waals surface area contributed by atoms with Crippen molar-refractivity contribution in [2.75, 3.05) is 20.2 Å². The van der Waals surface area contributed by atoms with Crippen LogP contribution in [0.15, 0.2) is 23.1 Å². The van der Waals surface area contributed by atoms with Crippen LogP contribution >= 0.6 is 0 Å². The number of nitrogens with zero attached hydrogens (tertiary/aromatic N) is 1. The minimum atomic E-state index is -3.77. The van der Waals surface area contributed by atoms with Crippen molar-refractivity contribution in [3.8, 4) is 5.75 Å². The highest BCUT2D eigenvalue weighted by Gasteiger charge is 2.57. The Labute approximate surface area is 136 Å². The van der Waals surface area contributed by atoms with Crippen molar-refractivity contribution >= 4 is 16.0 Å². The fraction of sp³-hybridized carbons (Fsp3) is 0.562. The molecule has 2 atom stereocenters. The van der Waals surface area contributed by atoms with E-state index in [1.54, 1.807) is 18.2 Å². The molecule has 1 aliphatic carbocycles. The maximum Gasteiger partial charge on any atom is 0.311 e. The van der Waals surface area contributed by atoms with Gasteiger partial charge >= 0.3 is 5.97 Å². The standard InChI is InChI=1S/C16H21NO5S/c1-11-5-6-13(22-2)14(8-11)23(20,21)17-9-12-4-3-7-16(12,10-17)15(18)19/h5-6,8,12H,3-4,7,9-10H2,1-2H3,(H,18,19)/t12-,16+/m0/s1. The van der Waals surface area contributed by atoms with Crippen molar-refractivity contribution in [2.24, 2.45) is 11.3 Å². The van der Waals surface area contributed by atoms with Crippen LogP contribution in [0.4, 0.5) is 0 Å². The lowest BCUT2D eigenvalue weighted by Crippen LogP contribution is -2.37. The van der Waals surface area contributed by atoms with Gasteiger partial charge in [0.05, 0.1) is 12.5 Å². The number of carboxylic acids is 1. The summed E-state index contributed by atoms with van der Waals surface area (Å²) in [6, 6.07) is 5.00. The molecule has 7 heteroatoms. The van der Waals surface area contributed by atoms with Crippen LogP contribution in [-0.2, 0) is 14.8 Å². The van der Waals surface area contributed by atoms with Gasteiger partial charge < -0.3 is 9.84 Å². The Morgan fingerprint density at radius 2 is 2.17 bits per heavy atom. The number of benzene rings is 1. The number of hydrogen-bond donors (Lipinski definition) is 1. The highest BCUT2D eigenvalue weighted by Crippen LogP contribution is 2.50. The molecule has 0 bridgehead atoms. The van der Waals surface area contributed by atoms with Crippen LogP contribution < -0.4 is 4.74 Å². The van der Waals surface area contributed by atoms with Gasteiger partial charge in [0, 0.05) is 13.1 Å². The van der Waals surface area contributed by atoms with E-state index in [0.29, 0.717) is 6.42 Å². The fourth-order valence-corrected chi connectivity index (χ4v) is 5.70. The third-order valence-corrected chi connectivity index (χ3v) is 7.04. The first kappa shape index (κ1) is 16.3. The van der Waals surface area contributed by atoms with E-state index in [4.69, 9.17) is 4.74 Å². The van der Waals surface area contributed by atoms with Gasteiger partial charge in [-0.3, -0.25) is 4.79 Å². The summed E-state index contributed by atoms with van der Waals surface area (Å²) in [4.78, 5) is 11.9. The van der Waals surface area contributed by atoms with Crippen LogP contribution in [0.1, 0.15) is 24.8 Å². The molecule has 1 heterocycles. The average molecular weight is 339 g/mol. The molecule has 1 saturated heterocycles. The van der Waals surface area contributed by atoms with Crippen molar-refractivity contribution in [2.45, 2.75) is 31.1 Å². The number of fused-ring (bicyclic) bond motifs is 1. The van der Waals surface area contributed by atoms with Gasteiger partial charge in [0.2, 0.25) is 10.0 Å². The summed E-state index contributed by atoms with van der Waals surface area (Å²) in [6.45, 7) is 2.13. The predicted molar refractivity (Wildman–Crippen MR) is 83.9 cm³/mol. The minimum absolute atomic E-state index is 0.0480. The van der Waals surface area contributed by atoms with Gasteiger partial charge in [0.25, 0.3) is 0 Å². The number of rotatable bonds is 4. The summed E-state index contributed by atoms with van der Waals surface area (Å²) in [6.07, 6.45) is 2.16. The monoisotopic (exact) mass is 339 g/mol. The number of sulfonamides is 1. The van der Waals surface area contributed by atoms with E-state index < -0.39 is 21.4 Å². The van der Waals surface area contributed by atoms with Crippen molar-refractivity contribution in [1.29, 1.82) is 0 Å². The van der Waals surface area contributed by atoms with Gasteiger partial charge in [-0.15, -0.1) is 0 Å². The van der Waals surface area contributed by atoms with Gasteiger partial charge in [-0.05, 0) is 43.4 Å². The molecule has 0 radical (unpaired) electrons. The van der Waals surface area contributed by atoms with Gasteiger partial charge in [-0.25, -0.2) is 8.42 Å². The van der Waals surface area contributed by atoms with E-state index in [1.165, 1.54) is 11.4 Å². The Hall–Kier alpha value is -1.60. The molecule has 0 spiro atoms. The molecule has 1 N–H and O–H groups in total. The molecule has 0 unspecified atom stereocenters. The molecule has 0 aromatic heterocycles. The first-order valence-corrected chi connectivity index (χ1v) is 9.13.